The van der Waals surface area contributed by atoms with Crippen molar-refractivity contribution in [1.29, 1.82) is 0 Å². The van der Waals surface area contributed by atoms with Gasteiger partial charge < -0.3 is 45.6 Å². The number of carbonyl (C=O) groups is 2. The van der Waals surface area contributed by atoms with Gasteiger partial charge >= 0.3 is 0 Å². The average Bonchev–Trinajstić information content (AvgIpc) is 3.46. The smallest absolute Gasteiger partial charge is 0.292 e. The monoisotopic (exact) mass is 1150 g/mol. The van der Waals surface area contributed by atoms with Crippen LogP contribution in [0.4, 0.5) is 4.39 Å². The number of halogens is 4. The summed E-state index contributed by atoms with van der Waals surface area (Å²) in [6.07, 6.45) is 10.1. The number of hydrogen-bond donors (Lipinski definition) is 4. The van der Waals surface area contributed by atoms with Crippen molar-refractivity contribution in [1.82, 2.24) is 20.3 Å². The predicted molar refractivity (Wildman–Crippen MR) is 292 cm³/mol. The van der Waals surface area contributed by atoms with Crippen molar-refractivity contribution in [3.05, 3.63) is 169 Å². The number of nitrogens with one attached hydrogen (secondary N) is 1. The number of ether oxygens (including phenoxy) is 6. The first kappa shape index (κ1) is 53.4. The van der Waals surface area contributed by atoms with Crippen LogP contribution in [0.3, 0.4) is 0 Å². The number of aromatic nitrogens is 3. The molecule has 12 rings (SSSR count). The number of ketones is 1. The van der Waals surface area contributed by atoms with Gasteiger partial charge in [-0.3, -0.25) is 19.9 Å². The number of hydrogen-bond acceptors (Lipinski definition) is 16. The van der Waals surface area contributed by atoms with Crippen LogP contribution in [0, 0.1) is 5.95 Å². The molecule has 1 aliphatic carbocycles. The molecule has 5 aliphatic heterocycles. The Labute approximate surface area is 461 Å². The minimum absolute atomic E-state index is 0.0192. The first-order valence-electron chi connectivity index (χ1n) is 25.0. The largest absolute Gasteiger partial charge is 0.478 e. The maximum Gasteiger partial charge on any atom is 0.292 e. The molecule has 77 heavy (non-hydrogen) atoms. The first-order valence-corrected chi connectivity index (χ1v) is 26.5. The molecule has 6 aliphatic rings. The minimum atomic E-state index is -1.07. The second kappa shape index (κ2) is 22.9. The van der Waals surface area contributed by atoms with Gasteiger partial charge in [0.15, 0.2) is 17.3 Å². The number of methoxy groups -OCH3 is 1. The van der Waals surface area contributed by atoms with Crippen LogP contribution in [0.15, 0.2) is 118 Å². The lowest BCUT2D eigenvalue weighted by Gasteiger charge is -2.39. The van der Waals surface area contributed by atoms with Crippen LogP contribution in [-0.4, -0.2) is 84.3 Å². The van der Waals surface area contributed by atoms with E-state index in [1.807, 2.05) is 42.5 Å². The average molecular weight is 1150 g/mol. The third-order valence-corrected chi connectivity index (χ3v) is 14.9. The summed E-state index contributed by atoms with van der Waals surface area (Å²) < 4.78 is 50.0. The molecule has 21 heteroatoms. The van der Waals surface area contributed by atoms with Crippen molar-refractivity contribution in [2.24, 2.45) is 27.2 Å². The second-order valence-electron chi connectivity index (χ2n) is 18.9. The number of Topliss-reactive ketones (excluding diaryl/α,β-unsaturated/α-hetero) is 1. The van der Waals surface area contributed by atoms with Crippen LogP contribution >= 0.6 is 39.1 Å². The summed E-state index contributed by atoms with van der Waals surface area (Å²) >= 11 is 15.5. The van der Waals surface area contributed by atoms with Crippen LogP contribution < -0.4 is 36.7 Å². The molecule has 0 radical (unpaired) electrons. The molecular formula is C56H53BrCl2FN9O8. The molecule has 1 saturated carbocycles. The molecule has 17 nitrogen and oxygen atoms in total. The Hall–Kier alpha value is -7.00. The number of amides is 1. The van der Waals surface area contributed by atoms with Gasteiger partial charge in [-0.1, -0.05) is 82.3 Å². The standard InChI is InChI=1S/C28H25ClN4O5.C22H14BrClFN3O3.C6H14N2/c1-35-26-25-20(14-22(32-26)17-6-9-36-10-7-17)28(8-11-37-27(30)33-28)19-12-16(2-5-24(19)38-25)13-23(34)21-4-3-18(29)15-31-21;23-13-6-7-16-14(10-13)22(15-11-17(24)26-19(25)18(15)31-16)8-9-30-21(28-22)27-20(29)12-4-2-1-3-5-12;7-5-3-1-2-4-6(5)8/h2-6,12,14-15H,7-11,13H2,1H3,(H2,30,33);1-7,10-11H,8-9H2,(H,27,28,29);5-6H,1-4,7-8H2/t28-;22-;5-,6-/m000/s1. The Morgan fingerprint density at radius 1 is 0.818 bits per heavy atom. The number of benzene rings is 3. The van der Waals surface area contributed by atoms with E-state index in [1.165, 1.54) is 25.1 Å². The molecule has 4 atom stereocenters. The number of nitrogens with two attached hydrogens (primary N) is 3. The highest BCUT2D eigenvalue weighted by Crippen LogP contribution is 2.56. The Bertz CT molecular complexity index is 3330. The van der Waals surface area contributed by atoms with Crippen molar-refractivity contribution in [3.8, 4) is 28.9 Å². The van der Waals surface area contributed by atoms with E-state index in [4.69, 9.17) is 83.8 Å². The molecule has 0 bridgehead atoms. The fourth-order valence-electron chi connectivity index (χ4n) is 10.1. The van der Waals surface area contributed by atoms with Crippen LogP contribution in [0.2, 0.25) is 10.2 Å². The van der Waals surface area contributed by atoms with Gasteiger partial charge in [0, 0.05) is 69.8 Å². The molecule has 3 aromatic heterocycles. The molecule has 1 fully saturated rings. The lowest BCUT2D eigenvalue weighted by atomic mass is 9.77. The molecule has 0 saturated heterocycles. The third-order valence-electron chi connectivity index (χ3n) is 14.0. The van der Waals surface area contributed by atoms with Crippen molar-refractivity contribution in [2.45, 2.75) is 74.5 Å². The normalized spacial score (nSPS) is 21.5. The fraction of sp³-hybridized carbons (Fsp3) is 0.304. The molecule has 7 N–H and O–H groups in total. The number of amidine groups is 2. The predicted octanol–water partition coefficient (Wildman–Crippen LogP) is 9.86. The molecule has 1 amide bonds. The minimum Gasteiger partial charge on any atom is -0.478 e. The van der Waals surface area contributed by atoms with Gasteiger partial charge in [0.25, 0.3) is 29.8 Å². The Balaban J connectivity index is 0.000000155. The van der Waals surface area contributed by atoms with Crippen molar-refractivity contribution in [3.63, 3.8) is 0 Å². The highest BCUT2D eigenvalue weighted by Gasteiger charge is 2.48. The van der Waals surface area contributed by atoms with E-state index in [0.717, 1.165) is 51.7 Å². The van der Waals surface area contributed by atoms with Crippen molar-refractivity contribution in [2.75, 3.05) is 33.5 Å². The Morgan fingerprint density at radius 3 is 2.21 bits per heavy atom. The molecule has 6 aromatic rings. The zero-order valence-electron chi connectivity index (χ0n) is 41.7. The number of pyridine rings is 3. The van der Waals surface area contributed by atoms with Gasteiger partial charge in [0.1, 0.15) is 33.4 Å². The zero-order valence-corrected chi connectivity index (χ0v) is 44.8. The summed E-state index contributed by atoms with van der Waals surface area (Å²) in [5.41, 5.74) is 21.6. The Morgan fingerprint density at radius 2 is 1.52 bits per heavy atom. The summed E-state index contributed by atoms with van der Waals surface area (Å²) in [5.74, 6) is 0.533. The van der Waals surface area contributed by atoms with Crippen LogP contribution in [-0.2, 0) is 31.7 Å². The number of carbonyl (C=O) groups excluding carboxylic acids is 2. The fourth-order valence-corrected chi connectivity index (χ4v) is 10.8. The van der Waals surface area contributed by atoms with Crippen molar-refractivity contribution >= 4 is 68.4 Å². The van der Waals surface area contributed by atoms with Gasteiger partial charge in [-0.2, -0.15) is 4.39 Å². The summed E-state index contributed by atoms with van der Waals surface area (Å²) in [4.78, 5) is 47.8. The summed E-state index contributed by atoms with van der Waals surface area (Å²) in [6, 6.07) is 27.2. The second-order valence-corrected chi connectivity index (χ2v) is 20.7. The van der Waals surface area contributed by atoms with Gasteiger partial charge in [-0.05, 0) is 97.1 Å². The third kappa shape index (κ3) is 11.2. The molecule has 0 unspecified atom stereocenters. The van der Waals surface area contributed by atoms with Gasteiger partial charge in [0.2, 0.25) is 0 Å². The van der Waals surface area contributed by atoms with E-state index >= 15 is 0 Å². The SMILES string of the molecule is COc1nc(C2=CCOCC2)cc2c1Oc1ccc(CC(=O)c3ccc(Cl)cn3)cc1[C@@]21CCOC(N)=N1.N[C@H]1CCCC[C@@H]1N.O=C(NC1=N[C@@]2(CCO1)c1cc(Br)ccc1Oc1c2cc(Cl)nc1F)c1ccccc1. The molecule has 2 spiro atoms. The van der Waals surface area contributed by atoms with Gasteiger partial charge in [-0.15, -0.1) is 0 Å². The Kier molecular flexibility index (Phi) is 15.9. The van der Waals surface area contributed by atoms with E-state index in [2.05, 4.69) is 31.2 Å². The quantitative estimate of drug-likeness (QED) is 0.0896. The lowest BCUT2D eigenvalue weighted by Crippen LogP contribution is -2.43. The van der Waals surface area contributed by atoms with E-state index in [9.17, 15) is 14.0 Å². The lowest BCUT2D eigenvalue weighted by molar-refractivity contribution is 0.0956. The van der Waals surface area contributed by atoms with Crippen molar-refractivity contribution < 1.29 is 42.4 Å². The molecule has 398 valence electrons. The molecular weight excluding hydrogens is 1100 g/mol. The van der Waals surface area contributed by atoms with E-state index in [0.29, 0.717) is 83.2 Å². The van der Waals surface area contributed by atoms with Crippen LogP contribution in [0.1, 0.15) is 99.3 Å². The van der Waals surface area contributed by atoms with Crippen LogP contribution in [0.5, 0.6) is 28.9 Å². The van der Waals surface area contributed by atoms with E-state index in [-0.39, 0.29) is 59.7 Å². The number of fused-ring (bicyclic) bond motifs is 8. The number of aliphatic imine (C=N–C) groups is 2. The zero-order chi connectivity index (χ0) is 53.8. The summed E-state index contributed by atoms with van der Waals surface area (Å²) in [5, 5.41) is 3.16. The van der Waals surface area contributed by atoms with Gasteiger partial charge in [-0.25, -0.2) is 20.0 Å². The topological polar surface area (TPSA) is 243 Å². The first-order chi connectivity index (χ1) is 37.2. The highest BCUT2D eigenvalue weighted by atomic mass is 79.9. The highest BCUT2D eigenvalue weighted by molar-refractivity contribution is 9.10. The molecule has 8 heterocycles. The maximum absolute atomic E-state index is 14.7. The van der Waals surface area contributed by atoms with Gasteiger partial charge in [0.05, 0.1) is 44.3 Å². The summed E-state index contributed by atoms with van der Waals surface area (Å²) in [6.45, 7) is 1.75. The molecule has 3 aromatic carbocycles. The van der Waals surface area contributed by atoms with Crippen LogP contribution in [0.25, 0.3) is 5.57 Å². The number of rotatable bonds is 6. The number of nitrogens with zero attached hydrogens (tertiary/aromatic N) is 5. The maximum atomic E-state index is 14.7. The van der Waals surface area contributed by atoms with E-state index in [1.54, 1.807) is 55.6 Å². The van der Waals surface area contributed by atoms with E-state index < -0.39 is 17.0 Å². The summed E-state index contributed by atoms with van der Waals surface area (Å²) in [7, 11) is 1.57.